The maximum atomic E-state index is 13.9. The molecule has 1 aromatic carbocycles. The Balaban J connectivity index is 2.49. The molecule has 1 heterocycles. The first-order valence-electron chi connectivity index (χ1n) is 5.21. The van der Waals surface area contributed by atoms with Gasteiger partial charge >= 0.3 is 6.18 Å². The standard InChI is InChI=1S/C11H10BrF4N/c12-7-3-4-8(17-5-1-2-6-17)10(13)9(7)11(14,15)16/h3-4H,1-2,5-6H2. The molecule has 2 rings (SSSR count). The number of halogens is 5. The van der Waals surface area contributed by atoms with Gasteiger partial charge in [0.05, 0.1) is 5.69 Å². The van der Waals surface area contributed by atoms with E-state index in [2.05, 4.69) is 15.9 Å². The predicted octanol–water partition coefficient (Wildman–Crippen LogP) is 4.21. The van der Waals surface area contributed by atoms with Gasteiger partial charge in [-0.25, -0.2) is 4.39 Å². The van der Waals surface area contributed by atoms with Crippen LogP contribution in [0, 0.1) is 5.82 Å². The summed E-state index contributed by atoms with van der Waals surface area (Å²) in [5.74, 6) is -1.19. The Hall–Kier alpha value is -0.780. The summed E-state index contributed by atoms with van der Waals surface area (Å²) in [6, 6.07) is 2.64. The lowest BCUT2D eigenvalue weighted by Gasteiger charge is -2.21. The Morgan fingerprint density at radius 2 is 1.71 bits per heavy atom. The topological polar surface area (TPSA) is 3.24 Å². The van der Waals surface area contributed by atoms with Gasteiger partial charge in [-0.1, -0.05) is 15.9 Å². The fourth-order valence-corrected chi connectivity index (χ4v) is 2.53. The predicted molar refractivity (Wildman–Crippen MR) is 60.5 cm³/mol. The highest BCUT2D eigenvalue weighted by molar-refractivity contribution is 9.10. The van der Waals surface area contributed by atoms with Gasteiger partial charge in [-0.05, 0) is 25.0 Å². The minimum absolute atomic E-state index is 0.0398. The quantitative estimate of drug-likeness (QED) is 0.702. The van der Waals surface area contributed by atoms with E-state index in [4.69, 9.17) is 0 Å². The van der Waals surface area contributed by atoms with Crippen LogP contribution < -0.4 is 4.90 Å². The van der Waals surface area contributed by atoms with Crippen molar-refractivity contribution in [2.75, 3.05) is 18.0 Å². The van der Waals surface area contributed by atoms with Crippen molar-refractivity contribution in [3.8, 4) is 0 Å². The molecule has 0 N–H and O–H groups in total. The van der Waals surface area contributed by atoms with Crippen LogP contribution in [-0.2, 0) is 6.18 Å². The summed E-state index contributed by atoms with van der Waals surface area (Å²) in [7, 11) is 0. The molecular weight excluding hydrogens is 302 g/mol. The third kappa shape index (κ3) is 2.41. The lowest BCUT2D eigenvalue weighted by molar-refractivity contribution is -0.140. The second-order valence-electron chi connectivity index (χ2n) is 3.95. The fourth-order valence-electron chi connectivity index (χ4n) is 2.00. The molecule has 6 heteroatoms. The zero-order valence-electron chi connectivity index (χ0n) is 8.82. The summed E-state index contributed by atoms with van der Waals surface area (Å²) in [5, 5.41) is 0. The Morgan fingerprint density at radius 3 is 2.24 bits per heavy atom. The molecule has 1 saturated heterocycles. The van der Waals surface area contributed by atoms with Crippen molar-refractivity contribution in [2.45, 2.75) is 19.0 Å². The Labute approximate surface area is 105 Å². The van der Waals surface area contributed by atoms with Crippen LogP contribution in [0.5, 0.6) is 0 Å². The Bertz CT molecular complexity index is 424. The van der Waals surface area contributed by atoms with Gasteiger partial charge < -0.3 is 4.90 Å². The summed E-state index contributed by atoms with van der Waals surface area (Å²) in [6.45, 7) is 1.21. The van der Waals surface area contributed by atoms with Gasteiger partial charge in [-0.3, -0.25) is 0 Å². The molecule has 94 valence electrons. The summed E-state index contributed by atoms with van der Waals surface area (Å²) >= 11 is 2.75. The zero-order chi connectivity index (χ0) is 12.6. The third-order valence-electron chi connectivity index (χ3n) is 2.80. The minimum Gasteiger partial charge on any atom is -0.369 e. The molecular formula is C11H10BrF4N. The van der Waals surface area contributed by atoms with Crippen LogP contribution in [0.25, 0.3) is 0 Å². The molecule has 1 fully saturated rings. The molecule has 1 aliphatic heterocycles. The van der Waals surface area contributed by atoms with Crippen LogP contribution >= 0.6 is 15.9 Å². The highest BCUT2D eigenvalue weighted by Crippen LogP contribution is 2.40. The van der Waals surface area contributed by atoms with Crippen LogP contribution in [0.3, 0.4) is 0 Å². The van der Waals surface area contributed by atoms with Crippen molar-refractivity contribution in [1.82, 2.24) is 0 Å². The average Bonchev–Trinajstić information content (AvgIpc) is 2.68. The highest BCUT2D eigenvalue weighted by Gasteiger charge is 2.38. The summed E-state index contributed by atoms with van der Waals surface area (Å²) in [6.07, 6.45) is -2.91. The van der Waals surface area contributed by atoms with E-state index in [1.54, 1.807) is 4.90 Å². The summed E-state index contributed by atoms with van der Waals surface area (Å²) in [4.78, 5) is 1.65. The molecule has 17 heavy (non-hydrogen) atoms. The smallest absolute Gasteiger partial charge is 0.369 e. The van der Waals surface area contributed by atoms with Crippen LogP contribution in [-0.4, -0.2) is 13.1 Å². The minimum atomic E-state index is -4.68. The summed E-state index contributed by atoms with van der Waals surface area (Å²) in [5.41, 5.74) is -1.18. The molecule has 0 aromatic heterocycles. The van der Waals surface area contributed by atoms with Gasteiger partial charge in [-0.2, -0.15) is 13.2 Å². The van der Waals surface area contributed by atoms with Crippen molar-refractivity contribution in [2.24, 2.45) is 0 Å². The first-order valence-corrected chi connectivity index (χ1v) is 6.00. The normalized spacial score (nSPS) is 16.6. The van der Waals surface area contributed by atoms with Gasteiger partial charge in [0.2, 0.25) is 0 Å². The van der Waals surface area contributed by atoms with Crippen LogP contribution in [0.1, 0.15) is 18.4 Å². The average molecular weight is 312 g/mol. The number of hydrogen-bond donors (Lipinski definition) is 0. The van der Waals surface area contributed by atoms with Crippen molar-refractivity contribution in [1.29, 1.82) is 0 Å². The van der Waals surface area contributed by atoms with E-state index in [-0.39, 0.29) is 10.2 Å². The number of hydrogen-bond acceptors (Lipinski definition) is 1. The van der Waals surface area contributed by atoms with Crippen molar-refractivity contribution in [3.05, 3.63) is 28.0 Å². The van der Waals surface area contributed by atoms with E-state index in [9.17, 15) is 17.6 Å². The SMILES string of the molecule is Fc1c(N2CCCC2)ccc(Br)c1C(F)(F)F. The van der Waals surface area contributed by atoms with Gasteiger partial charge in [-0.15, -0.1) is 0 Å². The highest BCUT2D eigenvalue weighted by atomic mass is 79.9. The molecule has 0 unspecified atom stereocenters. The molecule has 0 amide bonds. The van der Waals surface area contributed by atoms with E-state index < -0.39 is 17.6 Å². The molecule has 0 saturated carbocycles. The molecule has 0 aliphatic carbocycles. The Kier molecular flexibility index (Phi) is 3.34. The number of anilines is 1. The maximum absolute atomic E-state index is 13.9. The number of benzene rings is 1. The lowest BCUT2D eigenvalue weighted by atomic mass is 10.1. The number of rotatable bonds is 1. The number of alkyl halides is 3. The lowest BCUT2D eigenvalue weighted by Crippen LogP contribution is -2.21. The molecule has 1 aromatic rings. The van der Waals surface area contributed by atoms with Gasteiger partial charge in [0, 0.05) is 17.6 Å². The fraction of sp³-hybridized carbons (Fsp3) is 0.455. The van der Waals surface area contributed by atoms with E-state index >= 15 is 0 Å². The van der Waals surface area contributed by atoms with Crippen LogP contribution in [0.4, 0.5) is 23.2 Å². The van der Waals surface area contributed by atoms with E-state index in [1.165, 1.54) is 12.1 Å². The largest absolute Gasteiger partial charge is 0.420 e. The third-order valence-corrected chi connectivity index (χ3v) is 3.46. The molecule has 1 nitrogen and oxygen atoms in total. The van der Waals surface area contributed by atoms with Crippen LogP contribution in [0.2, 0.25) is 0 Å². The van der Waals surface area contributed by atoms with Crippen molar-refractivity contribution < 1.29 is 17.6 Å². The van der Waals surface area contributed by atoms with Gasteiger partial charge in [0.25, 0.3) is 0 Å². The maximum Gasteiger partial charge on any atom is 0.420 e. The Morgan fingerprint density at radius 1 is 1.12 bits per heavy atom. The van der Waals surface area contributed by atoms with E-state index in [0.717, 1.165) is 12.8 Å². The summed E-state index contributed by atoms with van der Waals surface area (Å²) < 4.78 is 51.7. The number of nitrogens with zero attached hydrogens (tertiary/aromatic N) is 1. The van der Waals surface area contributed by atoms with Crippen molar-refractivity contribution in [3.63, 3.8) is 0 Å². The zero-order valence-corrected chi connectivity index (χ0v) is 10.4. The molecule has 0 bridgehead atoms. The molecule has 0 atom stereocenters. The second-order valence-corrected chi connectivity index (χ2v) is 4.80. The van der Waals surface area contributed by atoms with Crippen LogP contribution in [0.15, 0.2) is 16.6 Å². The first kappa shape index (κ1) is 12.7. The molecule has 0 radical (unpaired) electrons. The molecule has 1 aliphatic rings. The molecule has 0 spiro atoms. The van der Waals surface area contributed by atoms with Gasteiger partial charge in [0.1, 0.15) is 5.56 Å². The second kappa shape index (κ2) is 4.48. The van der Waals surface area contributed by atoms with E-state index in [1.807, 2.05) is 0 Å². The van der Waals surface area contributed by atoms with E-state index in [0.29, 0.717) is 13.1 Å². The monoisotopic (exact) mass is 311 g/mol. The van der Waals surface area contributed by atoms with Gasteiger partial charge in [0.15, 0.2) is 5.82 Å². The first-order chi connectivity index (χ1) is 7.91. The van der Waals surface area contributed by atoms with Crippen molar-refractivity contribution >= 4 is 21.6 Å².